The molecule has 2 unspecified atom stereocenters. The van der Waals surface area contributed by atoms with E-state index in [0.717, 1.165) is 0 Å². The number of nitrogens with zero attached hydrogens (tertiary/aromatic N) is 2. The van der Waals surface area contributed by atoms with Gasteiger partial charge in [-0.1, -0.05) is 92.1 Å². The highest BCUT2D eigenvalue weighted by atomic mass is 16.5. The zero-order valence-corrected chi connectivity index (χ0v) is 31.6. The van der Waals surface area contributed by atoms with Crippen molar-refractivity contribution >= 4 is 41.4 Å². The maximum absolute atomic E-state index is 14.1. The Hall–Kier alpha value is -4.49. The van der Waals surface area contributed by atoms with Crippen LogP contribution in [-0.2, 0) is 33.5 Å². The number of carbonyl (C=O) groups is 7. The molecule has 1 aliphatic carbocycles. The number of Topliss-reactive ketones (excluding diaryl/α,β-unsaturated/α-hetero) is 1. The number of likely N-dealkylation sites (N-methyl/N-ethyl adjacent to an activating group) is 1. The second kappa shape index (κ2) is 16.7. The van der Waals surface area contributed by atoms with E-state index >= 15 is 0 Å². The minimum atomic E-state index is -1.21. The van der Waals surface area contributed by atoms with Gasteiger partial charge >= 0.3 is 6.09 Å². The molecule has 6 amide bonds. The lowest BCUT2D eigenvalue weighted by atomic mass is 9.85. The fraction of sp³-hybridized carbons (Fsp3) is 0.649. The molecule has 0 bridgehead atoms. The van der Waals surface area contributed by atoms with Crippen molar-refractivity contribution in [2.75, 3.05) is 33.8 Å². The first-order valence-electron chi connectivity index (χ1n) is 17.6. The maximum Gasteiger partial charge on any atom is 0.407 e. The molecule has 14 heteroatoms. The summed E-state index contributed by atoms with van der Waals surface area (Å²) in [7, 11) is 3.12. The molecule has 2 aliphatic rings. The van der Waals surface area contributed by atoms with Crippen LogP contribution in [-0.4, -0.2) is 103 Å². The number of fused-ring (bicyclic) bond motifs is 1. The van der Waals surface area contributed by atoms with Crippen molar-refractivity contribution < 1.29 is 38.3 Å². The quantitative estimate of drug-likeness (QED) is 0.200. The molecule has 282 valence electrons. The van der Waals surface area contributed by atoms with Crippen molar-refractivity contribution in [2.24, 2.45) is 28.6 Å². The maximum atomic E-state index is 14.1. The molecule has 1 saturated heterocycles. The van der Waals surface area contributed by atoms with Crippen LogP contribution < -0.4 is 21.3 Å². The van der Waals surface area contributed by atoms with Gasteiger partial charge in [0.1, 0.15) is 18.1 Å². The molecule has 14 nitrogen and oxygen atoms in total. The fourth-order valence-electron chi connectivity index (χ4n) is 6.65. The molecule has 1 heterocycles. The monoisotopic (exact) mass is 712 g/mol. The summed E-state index contributed by atoms with van der Waals surface area (Å²) in [6.07, 6.45) is -0.130. The molecule has 1 aromatic rings. The highest BCUT2D eigenvalue weighted by molar-refractivity contribution is 6.38. The van der Waals surface area contributed by atoms with Crippen LogP contribution in [0.1, 0.15) is 79.8 Å². The number of alkyl carbamates (subject to hydrolysis) is 1. The molecule has 1 aliphatic heterocycles. The average Bonchev–Trinajstić information content (AvgIpc) is 3.37. The zero-order valence-electron chi connectivity index (χ0n) is 31.6. The fourth-order valence-corrected chi connectivity index (χ4v) is 6.65. The lowest BCUT2D eigenvalue weighted by Gasteiger charge is -2.37. The van der Waals surface area contributed by atoms with Crippen molar-refractivity contribution in [3.63, 3.8) is 0 Å². The Morgan fingerprint density at radius 1 is 0.980 bits per heavy atom. The van der Waals surface area contributed by atoms with E-state index in [1.165, 1.54) is 9.80 Å². The van der Waals surface area contributed by atoms with Gasteiger partial charge in [0.2, 0.25) is 29.4 Å². The van der Waals surface area contributed by atoms with E-state index in [1.807, 2.05) is 48.5 Å². The van der Waals surface area contributed by atoms with Crippen LogP contribution in [0.5, 0.6) is 0 Å². The summed E-state index contributed by atoms with van der Waals surface area (Å²) in [6, 6.07) is 4.49. The van der Waals surface area contributed by atoms with E-state index in [2.05, 4.69) is 21.3 Å². The van der Waals surface area contributed by atoms with Gasteiger partial charge in [-0.2, -0.15) is 0 Å². The number of carbonyl (C=O) groups excluding carboxylic acids is 7. The molecule has 0 aromatic heterocycles. The van der Waals surface area contributed by atoms with E-state index in [4.69, 9.17) is 4.74 Å². The molecule has 0 spiro atoms. The van der Waals surface area contributed by atoms with Gasteiger partial charge in [0.05, 0.1) is 19.2 Å². The van der Waals surface area contributed by atoms with Gasteiger partial charge in [-0.15, -0.1) is 0 Å². The van der Waals surface area contributed by atoms with Gasteiger partial charge in [0, 0.05) is 20.6 Å². The lowest BCUT2D eigenvalue weighted by molar-refractivity contribution is -0.145. The third kappa shape index (κ3) is 10.1. The summed E-state index contributed by atoms with van der Waals surface area (Å²) in [4.78, 5) is 95.6. The number of hydrogen-bond donors (Lipinski definition) is 4. The molecule has 51 heavy (non-hydrogen) atoms. The Kier molecular flexibility index (Phi) is 13.4. The van der Waals surface area contributed by atoms with Crippen LogP contribution in [0.4, 0.5) is 4.79 Å². The van der Waals surface area contributed by atoms with E-state index < -0.39 is 71.6 Å². The number of piperidine rings is 1. The highest BCUT2D eigenvalue weighted by Gasteiger charge is 2.70. The second-order valence-corrected chi connectivity index (χ2v) is 15.9. The summed E-state index contributed by atoms with van der Waals surface area (Å²) < 4.78 is 5.28. The highest BCUT2D eigenvalue weighted by Crippen LogP contribution is 2.65. The first kappa shape index (κ1) is 40.9. The second-order valence-electron chi connectivity index (χ2n) is 15.9. The third-order valence-corrected chi connectivity index (χ3v) is 9.65. The van der Waals surface area contributed by atoms with E-state index in [1.54, 1.807) is 51.4 Å². The standard InChI is InChI=1S/C37H56N6O8/c1-11-15-24(29(45)32(47)38-18-25(44)40-27(33(48)42(9)10)22-16-13-12-14-17-22)39-31(46)28-26-23(37(26,7)8)19-43(28)34(49)30(36(4,5)6)41-35(50)51-20-21(2)3/h12-14,16-17,21,23-24,26-28,30H,11,15,18-20H2,1-10H3,(H,38,47)(H,39,46)(H,40,44)(H,41,50)/t23?,24?,26-,27-,28-,30+/m0/s1. The van der Waals surface area contributed by atoms with Crippen molar-refractivity contribution in [1.29, 1.82) is 0 Å². The van der Waals surface area contributed by atoms with Gasteiger partial charge < -0.3 is 35.8 Å². The molecular weight excluding hydrogens is 656 g/mol. The van der Waals surface area contributed by atoms with Crippen LogP contribution in [0.25, 0.3) is 0 Å². The molecule has 0 radical (unpaired) electrons. The Balaban J connectivity index is 1.72. The van der Waals surface area contributed by atoms with Gasteiger partial charge in [-0.25, -0.2) is 4.79 Å². The Morgan fingerprint density at radius 3 is 2.16 bits per heavy atom. The van der Waals surface area contributed by atoms with Crippen LogP contribution >= 0.6 is 0 Å². The molecule has 2 fully saturated rings. The number of likely N-dealkylation sites (tertiary alicyclic amines) is 1. The third-order valence-electron chi connectivity index (χ3n) is 9.65. The Labute approximate surface area is 301 Å². The summed E-state index contributed by atoms with van der Waals surface area (Å²) in [6.45, 7) is 15.0. The summed E-state index contributed by atoms with van der Waals surface area (Å²) in [5.74, 6) is -4.12. The van der Waals surface area contributed by atoms with Crippen LogP contribution in [0, 0.1) is 28.6 Å². The normalized spacial score (nSPS) is 20.6. The Bertz CT molecular complexity index is 1470. The first-order valence-corrected chi connectivity index (χ1v) is 17.6. The van der Waals surface area contributed by atoms with Crippen LogP contribution in [0.3, 0.4) is 0 Å². The minimum Gasteiger partial charge on any atom is -0.449 e. The van der Waals surface area contributed by atoms with E-state index in [0.29, 0.717) is 18.5 Å². The number of ketones is 1. The topological polar surface area (TPSA) is 183 Å². The van der Waals surface area contributed by atoms with Gasteiger partial charge in [-0.05, 0) is 40.6 Å². The summed E-state index contributed by atoms with van der Waals surface area (Å²) >= 11 is 0. The summed E-state index contributed by atoms with van der Waals surface area (Å²) in [5.41, 5.74) is -0.405. The Morgan fingerprint density at radius 2 is 1.61 bits per heavy atom. The predicted octanol–water partition coefficient (Wildman–Crippen LogP) is 2.18. The number of amides is 6. The average molecular weight is 713 g/mol. The van der Waals surface area contributed by atoms with E-state index in [9.17, 15) is 33.6 Å². The number of nitrogens with one attached hydrogen (secondary N) is 4. The van der Waals surface area contributed by atoms with E-state index in [-0.39, 0.29) is 42.1 Å². The smallest absolute Gasteiger partial charge is 0.407 e. The van der Waals surface area contributed by atoms with Crippen LogP contribution in [0.2, 0.25) is 0 Å². The first-order chi connectivity index (χ1) is 23.7. The van der Waals surface area contributed by atoms with Crippen molar-refractivity contribution in [2.45, 2.75) is 92.4 Å². The molecule has 6 atom stereocenters. The molecular formula is C37H56N6O8. The number of rotatable bonds is 15. The number of benzene rings is 1. The molecule has 1 saturated carbocycles. The van der Waals surface area contributed by atoms with Crippen LogP contribution in [0.15, 0.2) is 30.3 Å². The number of hydrogen-bond acceptors (Lipinski definition) is 8. The molecule has 3 rings (SSSR count). The van der Waals surface area contributed by atoms with Gasteiger partial charge in [-0.3, -0.25) is 28.8 Å². The van der Waals surface area contributed by atoms with Crippen molar-refractivity contribution in [1.82, 2.24) is 31.1 Å². The SMILES string of the molecule is CCCC(NC(=O)[C@@H]1[C@@H]2C(CN1C(=O)[C@@H](NC(=O)OCC(C)C)C(C)(C)C)C2(C)C)C(=O)C(=O)NCC(=O)N[C@H](C(=O)N(C)C)c1ccccc1. The molecule has 1 aromatic carbocycles. The predicted molar refractivity (Wildman–Crippen MR) is 190 cm³/mol. The van der Waals surface area contributed by atoms with Gasteiger partial charge in [0.25, 0.3) is 5.91 Å². The largest absolute Gasteiger partial charge is 0.449 e. The van der Waals surface area contributed by atoms with Crippen molar-refractivity contribution in [3.05, 3.63) is 35.9 Å². The number of ether oxygens (including phenoxy) is 1. The minimum absolute atomic E-state index is 0.0342. The molecule has 4 N–H and O–H groups in total. The lowest BCUT2D eigenvalue weighted by Crippen LogP contribution is -2.60. The van der Waals surface area contributed by atoms with Crippen molar-refractivity contribution in [3.8, 4) is 0 Å². The zero-order chi connectivity index (χ0) is 38.4. The summed E-state index contributed by atoms with van der Waals surface area (Å²) in [5, 5.41) is 10.4. The van der Waals surface area contributed by atoms with Gasteiger partial charge in [0.15, 0.2) is 0 Å².